The van der Waals surface area contributed by atoms with Gasteiger partial charge in [0.05, 0.1) is 31.7 Å². The Balaban J connectivity index is 1.10. The van der Waals surface area contributed by atoms with Crippen LogP contribution in [-0.2, 0) is 107 Å². The summed E-state index contributed by atoms with van der Waals surface area (Å²) in [5, 5.41) is 49.6. The Bertz CT molecular complexity index is 5230. The number of aliphatic hydroxyl groups is 1. The standard InChI is InChI=1S/C91H127FN24O18S/c1-9-11-28-70-83(127)104-61(27-18-32-98-91(95)96)79(123)111-69(78(122)101-45-75(94)119)47-135-48-76(120)103-65(37-52-21-17-22-55(92)36-52)86(130)112(6)51(5)77(121)107-67(41-74(93)118)89(133)116-34-20-31-72(116)85(129)106-63(40-56-44-97-49-102-56)81(125)108-64(35-50(3)4)88(132)115-33-19-30-71(115)84(128)105-62(38-53-42-99-59-25-15-13-23-57(53)59)80(124)110-68(46-117)82(126)109-66(39-54-43-100-60-26-16-14-24-58(54)60)87(131)114(8)73(29-12-10-2)90(134)113(70)7/h13-17,21-26,36,42-44,49-51,61-73,99-100,117H,9-12,18-20,27-35,37-41,45-48H2,1-8H3,(H2,93,118)(H2,94,119)(H,97,102)(H,101,122)(H,103,120)(H,104,127)(H,105,128)(H,106,129)(H,107,121)(H,108,125)(H,109,126)(H,110,124)(H,111,123)(H4,95,96,98)/t51-,61-,62-,63-,64-,65-,66-,67-,68-,69-,70-,71?,72-,73-/m0/s1. The molecule has 6 aromatic rings. The maximum Gasteiger partial charge on any atom is 0.246 e. The minimum absolute atomic E-state index is 0.00309. The number of nitrogens with two attached hydrogens (primary N) is 3. The molecule has 3 fully saturated rings. The first kappa shape index (κ1) is 105. The third-order valence-electron chi connectivity index (χ3n) is 24.2. The highest BCUT2D eigenvalue weighted by Gasteiger charge is 2.46. The van der Waals surface area contributed by atoms with Crippen molar-refractivity contribution in [2.24, 2.45) is 23.1 Å². The van der Waals surface area contributed by atoms with Crippen molar-refractivity contribution in [1.29, 1.82) is 5.41 Å². The van der Waals surface area contributed by atoms with Gasteiger partial charge in [-0.1, -0.05) is 102 Å². The van der Waals surface area contributed by atoms with Crippen LogP contribution < -0.4 is 75.7 Å². The molecule has 3 aliphatic rings. The van der Waals surface area contributed by atoms with Crippen LogP contribution in [-0.4, -0.2) is 306 Å². The first-order valence-corrected chi connectivity index (χ1v) is 46.6. The van der Waals surface area contributed by atoms with Gasteiger partial charge in [0.1, 0.15) is 90.4 Å². The number of unbranched alkanes of at least 4 members (excludes halogenated alkanes) is 2. The molecule has 17 amide bonds. The number of guanidine groups is 1. The lowest BCUT2D eigenvalue weighted by molar-refractivity contribution is -0.149. The normalized spacial score (nSPS) is 24.2. The molecule has 44 heteroatoms. The number of aliphatic hydroxyl groups excluding tert-OH is 1. The molecule has 42 nitrogen and oxygen atoms in total. The van der Waals surface area contributed by atoms with Crippen molar-refractivity contribution in [3.63, 3.8) is 0 Å². The Kier molecular flexibility index (Phi) is 39.3. The number of carbonyl (C=O) groups excluding carboxylic acids is 17. The second-order valence-corrected chi connectivity index (χ2v) is 35.8. The number of imidazole rings is 1. The fraction of sp³-hybridized carbons (Fsp3) is 0.527. The van der Waals surface area contributed by atoms with Crippen molar-refractivity contribution in [3.05, 3.63) is 126 Å². The number of likely N-dealkylation sites (N-methyl/N-ethyl adjacent to an activating group) is 3. The van der Waals surface area contributed by atoms with Crippen LogP contribution in [0.15, 0.2) is 97.7 Å². The minimum Gasteiger partial charge on any atom is -0.394 e. The number of fused-ring (bicyclic) bond motifs is 4. The quantitative estimate of drug-likeness (QED) is 0.0168. The van der Waals surface area contributed by atoms with E-state index in [0.29, 0.717) is 64.3 Å². The number of aromatic amines is 3. The Morgan fingerprint density at radius 3 is 1.62 bits per heavy atom. The number of thioether (sulfide) groups is 1. The van der Waals surface area contributed by atoms with Crippen LogP contribution in [0.4, 0.5) is 4.39 Å². The molecule has 9 rings (SSSR count). The van der Waals surface area contributed by atoms with Crippen LogP contribution in [0.25, 0.3) is 21.8 Å². The minimum atomic E-state index is -1.85. The monoisotopic (exact) mass is 1890 g/mol. The highest BCUT2D eigenvalue weighted by Crippen LogP contribution is 2.28. The van der Waals surface area contributed by atoms with Crippen LogP contribution in [0.5, 0.6) is 0 Å². The number of nitrogens with zero attached hydrogens (tertiary/aromatic N) is 6. The maximum atomic E-state index is 15.8. The van der Waals surface area contributed by atoms with E-state index in [1.165, 1.54) is 57.6 Å². The van der Waals surface area contributed by atoms with Crippen molar-refractivity contribution >= 4 is 140 Å². The van der Waals surface area contributed by atoms with Gasteiger partial charge in [0.15, 0.2) is 5.96 Å². The molecule has 3 aromatic heterocycles. The summed E-state index contributed by atoms with van der Waals surface area (Å²) in [6, 6.07) is -2.16. The fourth-order valence-corrected chi connectivity index (χ4v) is 17.7. The summed E-state index contributed by atoms with van der Waals surface area (Å²) in [5.41, 5.74) is 19.7. The third-order valence-corrected chi connectivity index (χ3v) is 25.3. The number of hydrogen-bond donors (Lipinski definition) is 19. The molecule has 0 bridgehead atoms. The van der Waals surface area contributed by atoms with Crippen LogP contribution in [0, 0.1) is 17.1 Å². The average Bonchev–Trinajstić information content (AvgIpc) is 1.77. The zero-order chi connectivity index (χ0) is 98.4. The maximum absolute atomic E-state index is 15.8. The molecule has 135 heavy (non-hydrogen) atoms. The smallest absolute Gasteiger partial charge is 0.246 e. The lowest BCUT2D eigenvalue weighted by Gasteiger charge is -2.36. The zero-order valence-electron chi connectivity index (χ0n) is 77.2. The number of H-pyrrole nitrogens is 3. The van der Waals surface area contributed by atoms with Gasteiger partial charge in [0, 0.05) is 118 Å². The van der Waals surface area contributed by atoms with E-state index in [4.69, 9.17) is 22.6 Å². The number of aromatic nitrogens is 4. The van der Waals surface area contributed by atoms with Gasteiger partial charge in [-0.15, -0.1) is 11.8 Å². The molecule has 732 valence electrons. The SMILES string of the molecule is CCCC[C@H]1C(=O)N(C)[C@@H](CCCC)C(=O)N[C@@H](CCCNC(=N)N)C(=O)N[C@H](C(=O)NCC(N)=O)CSCC(=O)N[C@@H](Cc2cccc(F)c2)C(=O)N(C)[C@@H](C)C(=O)N[C@@H](CC(N)=O)C(=O)N2CCC[C@H]2C(=O)N[C@@H](Cc2cnc[nH]2)C(=O)N[C@@H](CC(C)C)C(=O)N2CCCC2C(=O)N[C@@H](Cc2c[nH]c3ccccc23)C(=O)N[C@@H](CO)C(=O)N[C@@H](Cc2c[nH]c3ccccc23)C(=O)N1C. The Hall–Kier alpha value is -13.6. The lowest BCUT2D eigenvalue weighted by Crippen LogP contribution is -2.62. The van der Waals surface area contributed by atoms with Gasteiger partial charge in [-0.25, -0.2) is 9.37 Å². The molecular weight excluding hydrogens is 1770 g/mol. The van der Waals surface area contributed by atoms with E-state index in [9.17, 15) is 52.6 Å². The number of rotatable bonds is 26. The van der Waals surface area contributed by atoms with Gasteiger partial charge in [-0.3, -0.25) is 86.9 Å². The van der Waals surface area contributed by atoms with Crippen molar-refractivity contribution in [3.8, 4) is 0 Å². The number of benzene rings is 3. The third kappa shape index (κ3) is 29.5. The number of hydrogen-bond acceptors (Lipinski definition) is 21. The summed E-state index contributed by atoms with van der Waals surface area (Å²) in [7, 11) is 3.89. The highest BCUT2D eigenvalue weighted by atomic mass is 32.2. The molecule has 0 saturated carbocycles. The van der Waals surface area contributed by atoms with Crippen molar-refractivity contribution in [2.45, 2.75) is 235 Å². The summed E-state index contributed by atoms with van der Waals surface area (Å²) >= 11 is 0.740. The molecule has 0 spiro atoms. The molecule has 0 radical (unpaired) electrons. The summed E-state index contributed by atoms with van der Waals surface area (Å²) in [6.45, 7) is 6.57. The van der Waals surface area contributed by atoms with E-state index < -0.39 is 234 Å². The van der Waals surface area contributed by atoms with Crippen molar-refractivity contribution < 1.29 is 91.0 Å². The molecule has 22 N–H and O–H groups in total. The second-order valence-electron chi connectivity index (χ2n) is 34.7. The molecule has 3 aromatic carbocycles. The molecule has 6 heterocycles. The zero-order valence-corrected chi connectivity index (χ0v) is 78.0. The van der Waals surface area contributed by atoms with E-state index in [2.05, 4.69) is 78.4 Å². The predicted molar refractivity (Wildman–Crippen MR) is 497 cm³/mol. The van der Waals surface area contributed by atoms with Gasteiger partial charge in [-0.05, 0) is 112 Å². The van der Waals surface area contributed by atoms with Crippen molar-refractivity contribution in [2.75, 3.05) is 65.4 Å². The summed E-state index contributed by atoms with van der Waals surface area (Å²) in [4.78, 5) is 269. The number of carbonyl (C=O) groups is 17. The lowest BCUT2D eigenvalue weighted by atomic mass is 10.00. The average molecular weight is 1900 g/mol. The van der Waals surface area contributed by atoms with Gasteiger partial charge in [0.25, 0.3) is 0 Å². The molecular formula is C91H127FN24O18S. The van der Waals surface area contributed by atoms with Gasteiger partial charge in [0.2, 0.25) is 100 Å². The first-order chi connectivity index (χ1) is 64.4. The highest BCUT2D eigenvalue weighted by molar-refractivity contribution is 8.00. The fourth-order valence-electron chi connectivity index (χ4n) is 16.8. The van der Waals surface area contributed by atoms with E-state index in [1.807, 2.05) is 13.8 Å². The number of primary amides is 2. The molecule has 14 atom stereocenters. The van der Waals surface area contributed by atoms with E-state index >= 15 is 38.4 Å². The van der Waals surface area contributed by atoms with Crippen LogP contribution in [0.1, 0.15) is 147 Å². The molecule has 3 saturated heterocycles. The first-order valence-electron chi connectivity index (χ1n) is 45.5. The second kappa shape index (κ2) is 50.5. The molecule has 0 aliphatic carbocycles. The number of para-hydroxylation sites is 2. The van der Waals surface area contributed by atoms with E-state index in [1.54, 1.807) is 74.8 Å². The summed E-state index contributed by atoms with van der Waals surface area (Å²) in [5.74, 6) is -18.2. The number of halogens is 1. The largest absolute Gasteiger partial charge is 0.394 e. The van der Waals surface area contributed by atoms with Crippen molar-refractivity contribution in [1.82, 2.24) is 103 Å². The predicted octanol–water partition coefficient (Wildman–Crippen LogP) is -1.47. The molecule has 1 unspecified atom stereocenters. The topological polar surface area (TPSA) is 621 Å². The van der Waals surface area contributed by atoms with E-state index in [-0.39, 0.29) is 108 Å². The van der Waals surface area contributed by atoms with Crippen LogP contribution in [0.3, 0.4) is 0 Å². The van der Waals surface area contributed by atoms with Crippen LogP contribution >= 0.6 is 11.8 Å². The van der Waals surface area contributed by atoms with Gasteiger partial charge in [-0.2, -0.15) is 0 Å². The van der Waals surface area contributed by atoms with Gasteiger partial charge < -0.3 is 120 Å². The summed E-state index contributed by atoms with van der Waals surface area (Å²) < 4.78 is 14.9. The van der Waals surface area contributed by atoms with E-state index in [0.717, 1.165) is 43.5 Å². The van der Waals surface area contributed by atoms with Crippen LogP contribution in [0.2, 0.25) is 0 Å². The number of amides is 17. The Morgan fingerprint density at radius 2 is 1.06 bits per heavy atom. The summed E-state index contributed by atoms with van der Waals surface area (Å²) in [6.07, 6.45) is 5.95. The number of nitrogens with one attached hydrogen (secondary N) is 15. The molecule has 3 aliphatic heterocycles. The Morgan fingerprint density at radius 1 is 0.541 bits per heavy atom. The van der Waals surface area contributed by atoms with Gasteiger partial charge >= 0.3 is 0 Å². The Labute approximate surface area is 784 Å².